The monoisotopic (exact) mass is 334 g/mol. The van der Waals surface area contributed by atoms with Gasteiger partial charge in [0.15, 0.2) is 11.5 Å². The van der Waals surface area contributed by atoms with Crippen LogP contribution in [0.15, 0.2) is 27.9 Å². The highest BCUT2D eigenvalue weighted by Crippen LogP contribution is 2.44. The van der Waals surface area contributed by atoms with Crippen LogP contribution in [0.25, 0.3) is 11.0 Å². The Balaban J connectivity index is 3.04. The SMILES string of the molecule is C=CCc1c(OC)cc2oc(=O)c(OC)c(OC)c2c1OC(C)=O. The lowest BCUT2D eigenvalue weighted by Gasteiger charge is -2.17. The van der Waals surface area contributed by atoms with Gasteiger partial charge in [0.2, 0.25) is 5.75 Å². The average molecular weight is 334 g/mol. The molecule has 0 fully saturated rings. The molecule has 128 valence electrons. The van der Waals surface area contributed by atoms with Gasteiger partial charge in [-0.1, -0.05) is 6.08 Å². The number of fused-ring (bicyclic) bond motifs is 1. The van der Waals surface area contributed by atoms with Crippen LogP contribution < -0.4 is 24.6 Å². The van der Waals surface area contributed by atoms with Gasteiger partial charge in [0.1, 0.15) is 16.7 Å². The highest BCUT2D eigenvalue weighted by molar-refractivity contribution is 5.96. The van der Waals surface area contributed by atoms with Gasteiger partial charge in [-0.2, -0.15) is 0 Å². The van der Waals surface area contributed by atoms with Crippen LogP contribution in [0.3, 0.4) is 0 Å². The van der Waals surface area contributed by atoms with E-state index in [1.165, 1.54) is 34.3 Å². The van der Waals surface area contributed by atoms with E-state index in [1.54, 1.807) is 6.08 Å². The van der Waals surface area contributed by atoms with Crippen LogP contribution in [0.2, 0.25) is 0 Å². The smallest absolute Gasteiger partial charge is 0.383 e. The number of hydrogen-bond donors (Lipinski definition) is 0. The van der Waals surface area contributed by atoms with Crippen molar-refractivity contribution in [2.45, 2.75) is 13.3 Å². The van der Waals surface area contributed by atoms with Gasteiger partial charge in [0.05, 0.1) is 21.3 Å². The topological polar surface area (TPSA) is 84.2 Å². The van der Waals surface area contributed by atoms with Crippen molar-refractivity contribution < 1.29 is 28.2 Å². The van der Waals surface area contributed by atoms with Crippen molar-refractivity contribution in [2.24, 2.45) is 0 Å². The van der Waals surface area contributed by atoms with Crippen molar-refractivity contribution in [3.8, 4) is 23.0 Å². The van der Waals surface area contributed by atoms with Crippen molar-refractivity contribution in [1.82, 2.24) is 0 Å². The van der Waals surface area contributed by atoms with Crippen molar-refractivity contribution in [3.63, 3.8) is 0 Å². The Kier molecular flexibility index (Phi) is 5.13. The zero-order valence-corrected chi connectivity index (χ0v) is 13.9. The molecule has 24 heavy (non-hydrogen) atoms. The second-order valence-corrected chi connectivity index (χ2v) is 4.80. The lowest BCUT2D eigenvalue weighted by atomic mass is 10.0. The minimum atomic E-state index is -0.714. The van der Waals surface area contributed by atoms with E-state index in [2.05, 4.69) is 6.58 Å². The number of carbonyl (C=O) groups is 1. The number of rotatable bonds is 6. The van der Waals surface area contributed by atoms with Crippen molar-refractivity contribution >= 4 is 16.9 Å². The molecule has 0 atom stereocenters. The Bertz CT molecular complexity index is 848. The van der Waals surface area contributed by atoms with E-state index in [9.17, 15) is 9.59 Å². The van der Waals surface area contributed by atoms with Gasteiger partial charge < -0.3 is 23.4 Å². The van der Waals surface area contributed by atoms with Gasteiger partial charge in [-0.05, 0) is 6.42 Å². The molecule has 1 heterocycles. The largest absolute Gasteiger partial charge is 0.496 e. The minimum Gasteiger partial charge on any atom is -0.496 e. The maximum atomic E-state index is 12.1. The molecule has 0 aliphatic rings. The maximum Gasteiger partial charge on any atom is 0.383 e. The Morgan fingerprint density at radius 1 is 1.17 bits per heavy atom. The molecule has 0 aliphatic carbocycles. The summed E-state index contributed by atoms with van der Waals surface area (Å²) in [7, 11) is 4.16. The van der Waals surface area contributed by atoms with Crippen LogP contribution in [0.5, 0.6) is 23.0 Å². The molecular formula is C17H18O7. The molecular weight excluding hydrogens is 316 g/mol. The zero-order chi connectivity index (χ0) is 17.9. The van der Waals surface area contributed by atoms with Crippen LogP contribution >= 0.6 is 0 Å². The summed E-state index contributed by atoms with van der Waals surface area (Å²) in [6.07, 6.45) is 2.01. The molecule has 2 rings (SSSR count). The molecule has 0 aliphatic heterocycles. The quantitative estimate of drug-likeness (QED) is 0.347. The van der Waals surface area contributed by atoms with Crippen LogP contribution in [-0.4, -0.2) is 27.3 Å². The van der Waals surface area contributed by atoms with Gasteiger partial charge in [0, 0.05) is 18.6 Å². The molecule has 0 amide bonds. The number of hydrogen-bond acceptors (Lipinski definition) is 7. The summed E-state index contributed by atoms with van der Waals surface area (Å²) in [4.78, 5) is 23.6. The Morgan fingerprint density at radius 3 is 2.33 bits per heavy atom. The highest BCUT2D eigenvalue weighted by Gasteiger charge is 2.25. The van der Waals surface area contributed by atoms with E-state index in [0.29, 0.717) is 23.1 Å². The summed E-state index contributed by atoms with van der Waals surface area (Å²) in [5.41, 5.74) is 0.0112. The van der Waals surface area contributed by atoms with Gasteiger partial charge in [-0.15, -0.1) is 6.58 Å². The first-order valence-corrected chi connectivity index (χ1v) is 7.06. The number of allylic oxidation sites excluding steroid dienone is 1. The van der Waals surface area contributed by atoms with E-state index in [4.69, 9.17) is 23.4 Å². The summed E-state index contributed by atoms with van der Waals surface area (Å²) >= 11 is 0. The Hall–Kier alpha value is -2.96. The second-order valence-electron chi connectivity index (χ2n) is 4.80. The minimum absolute atomic E-state index is 0.117. The molecule has 0 bridgehead atoms. The molecule has 2 aromatic rings. The Morgan fingerprint density at radius 2 is 1.83 bits per heavy atom. The molecule has 0 spiro atoms. The fourth-order valence-electron chi connectivity index (χ4n) is 2.45. The number of ether oxygens (including phenoxy) is 4. The van der Waals surface area contributed by atoms with E-state index in [0.717, 1.165) is 0 Å². The third-order valence-corrected chi connectivity index (χ3v) is 3.35. The van der Waals surface area contributed by atoms with E-state index >= 15 is 0 Å². The van der Waals surface area contributed by atoms with Gasteiger partial charge >= 0.3 is 11.6 Å². The fourth-order valence-corrected chi connectivity index (χ4v) is 2.45. The van der Waals surface area contributed by atoms with Crippen LogP contribution in [0, 0.1) is 0 Å². The highest BCUT2D eigenvalue weighted by atomic mass is 16.5. The van der Waals surface area contributed by atoms with Crippen molar-refractivity contribution in [2.75, 3.05) is 21.3 Å². The fraction of sp³-hybridized carbons (Fsp3) is 0.294. The molecule has 7 heteroatoms. The van der Waals surface area contributed by atoms with E-state index in [1.807, 2.05) is 0 Å². The van der Waals surface area contributed by atoms with E-state index in [-0.39, 0.29) is 22.8 Å². The Labute approximate surface area is 138 Å². The van der Waals surface area contributed by atoms with Gasteiger partial charge in [0.25, 0.3) is 0 Å². The summed E-state index contributed by atoms with van der Waals surface area (Å²) < 4.78 is 26.3. The average Bonchev–Trinajstić information content (AvgIpc) is 2.54. The zero-order valence-electron chi connectivity index (χ0n) is 13.9. The number of carbonyl (C=O) groups excluding carboxylic acids is 1. The van der Waals surface area contributed by atoms with Crippen LogP contribution in [0.4, 0.5) is 0 Å². The molecule has 0 unspecified atom stereocenters. The number of benzene rings is 1. The summed E-state index contributed by atoms with van der Waals surface area (Å²) in [6.45, 7) is 4.97. The molecule has 0 saturated carbocycles. The summed E-state index contributed by atoms with van der Waals surface area (Å²) in [6, 6.07) is 1.53. The number of methoxy groups -OCH3 is 3. The van der Waals surface area contributed by atoms with Crippen molar-refractivity contribution in [1.29, 1.82) is 0 Å². The molecule has 0 saturated heterocycles. The lowest BCUT2D eigenvalue weighted by molar-refractivity contribution is -0.131. The molecule has 0 N–H and O–H groups in total. The van der Waals surface area contributed by atoms with Gasteiger partial charge in [-0.3, -0.25) is 4.79 Å². The predicted octanol–water partition coefficient (Wildman–Crippen LogP) is 2.47. The van der Waals surface area contributed by atoms with Crippen LogP contribution in [0.1, 0.15) is 12.5 Å². The molecule has 0 radical (unpaired) electrons. The number of esters is 1. The van der Waals surface area contributed by atoms with Crippen LogP contribution in [-0.2, 0) is 11.2 Å². The predicted molar refractivity (Wildman–Crippen MR) is 87.4 cm³/mol. The molecule has 1 aromatic heterocycles. The standard InChI is InChI=1S/C17H18O7/c1-6-7-10-11(20-3)8-12-13(14(10)23-9(2)18)15(21-4)16(22-5)17(19)24-12/h6,8H,1,7H2,2-5H3. The van der Waals surface area contributed by atoms with E-state index < -0.39 is 11.6 Å². The maximum absolute atomic E-state index is 12.1. The molecule has 1 aromatic carbocycles. The third-order valence-electron chi connectivity index (χ3n) is 3.35. The second kappa shape index (κ2) is 7.08. The van der Waals surface area contributed by atoms with Gasteiger partial charge in [-0.25, -0.2) is 4.79 Å². The summed E-state index contributed by atoms with van der Waals surface area (Å²) in [5, 5.41) is 0.307. The normalized spacial score (nSPS) is 10.3. The third kappa shape index (κ3) is 2.92. The lowest BCUT2D eigenvalue weighted by Crippen LogP contribution is -2.10. The first-order valence-electron chi connectivity index (χ1n) is 7.06. The first kappa shape index (κ1) is 17.4. The molecule has 7 nitrogen and oxygen atoms in total. The van der Waals surface area contributed by atoms with Crippen molar-refractivity contribution in [3.05, 3.63) is 34.7 Å². The first-order chi connectivity index (χ1) is 11.5. The summed E-state index contributed by atoms with van der Waals surface area (Å²) in [5.74, 6) is 0.0350.